The van der Waals surface area contributed by atoms with Gasteiger partial charge >= 0.3 is 0 Å². The zero-order valence-electron chi connectivity index (χ0n) is 17.2. The third-order valence-electron chi connectivity index (χ3n) is 5.34. The van der Waals surface area contributed by atoms with Gasteiger partial charge in [0, 0.05) is 5.39 Å². The lowest BCUT2D eigenvalue weighted by atomic mass is 9.99. The van der Waals surface area contributed by atoms with Crippen LogP contribution in [0.1, 0.15) is 49.4 Å². The largest absolute Gasteiger partial charge is 0.480 e. The van der Waals surface area contributed by atoms with E-state index in [-0.39, 0.29) is 11.9 Å². The molecule has 2 unspecified atom stereocenters. The zero-order chi connectivity index (χ0) is 20.1. The molecule has 3 heteroatoms. The molecule has 3 aromatic carbocycles. The minimum absolute atomic E-state index is 0.0167. The van der Waals surface area contributed by atoms with E-state index in [4.69, 9.17) is 4.74 Å². The smallest absolute Gasteiger partial charge is 0.261 e. The summed E-state index contributed by atoms with van der Waals surface area (Å²) < 4.78 is 6.15. The fourth-order valence-electron chi connectivity index (χ4n) is 3.44. The summed E-state index contributed by atoms with van der Waals surface area (Å²) >= 11 is 0. The van der Waals surface area contributed by atoms with Crippen LogP contribution in [0.25, 0.3) is 10.8 Å². The minimum Gasteiger partial charge on any atom is -0.480 e. The van der Waals surface area contributed by atoms with Gasteiger partial charge in [0.05, 0.1) is 6.04 Å². The summed E-state index contributed by atoms with van der Waals surface area (Å²) in [6, 6.07) is 20.4. The Morgan fingerprint density at radius 1 is 0.929 bits per heavy atom. The van der Waals surface area contributed by atoms with Crippen molar-refractivity contribution in [3.63, 3.8) is 0 Å². The molecule has 0 aliphatic heterocycles. The van der Waals surface area contributed by atoms with Crippen molar-refractivity contribution in [2.24, 2.45) is 0 Å². The van der Waals surface area contributed by atoms with Crippen LogP contribution in [-0.4, -0.2) is 12.0 Å². The van der Waals surface area contributed by atoms with E-state index in [1.165, 1.54) is 11.1 Å². The van der Waals surface area contributed by atoms with E-state index >= 15 is 0 Å². The molecule has 0 aliphatic carbocycles. The van der Waals surface area contributed by atoms with Crippen LogP contribution < -0.4 is 10.1 Å². The third kappa shape index (κ3) is 4.36. The number of carbonyl (C=O) groups is 1. The number of ether oxygens (including phenoxy) is 1. The number of hydrogen-bond donors (Lipinski definition) is 1. The van der Waals surface area contributed by atoms with Crippen molar-refractivity contribution in [1.29, 1.82) is 0 Å². The number of nitrogens with one attached hydrogen (secondary N) is 1. The Morgan fingerprint density at radius 3 is 2.39 bits per heavy atom. The summed E-state index contributed by atoms with van der Waals surface area (Å²) in [5.41, 5.74) is 3.64. The molecule has 0 fully saturated rings. The van der Waals surface area contributed by atoms with Crippen LogP contribution in [0.4, 0.5) is 0 Å². The fraction of sp³-hybridized carbons (Fsp3) is 0.320. The van der Waals surface area contributed by atoms with Crippen molar-refractivity contribution in [3.8, 4) is 5.75 Å². The molecular weight excluding hydrogens is 346 g/mol. The first kappa shape index (κ1) is 19.9. The predicted molar refractivity (Wildman–Crippen MR) is 116 cm³/mol. The van der Waals surface area contributed by atoms with Gasteiger partial charge in [0.1, 0.15) is 5.75 Å². The Bertz CT molecular complexity index is 958. The average molecular weight is 376 g/mol. The number of aryl methyl sites for hydroxylation is 2. The molecule has 3 rings (SSSR count). The van der Waals surface area contributed by atoms with E-state index in [9.17, 15) is 4.79 Å². The van der Waals surface area contributed by atoms with Gasteiger partial charge in [-0.15, -0.1) is 0 Å². The van der Waals surface area contributed by atoms with Crippen LogP contribution in [-0.2, 0) is 4.79 Å². The first-order valence-corrected chi connectivity index (χ1v) is 10.1. The van der Waals surface area contributed by atoms with Crippen LogP contribution in [0.2, 0.25) is 0 Å². The standard InChI is InChI=1S/C25H29NO2/c1-5-22(20-15-14-17(3)18(4)16-20)26-25(27)23(6-2)28-24-13-9-11-19-10-7-8-12-21(19)24/h7-16,22-23H,5-6H2,1-4H3,(H,26,27). The minimum atomic E-state index is -0.522. The molecule has 0 spiro atoms. The molecule has 0 aliphatic rings. The molecule has 2 atom stereocenters. The van der Waals surface area contributed by atoms with Gasteiger partial charge in [0.15, 0.2) is 6.10 Å². The Morgan fingerprint density at radius 2 is 1.68 bits per heavy atom. The lowest BCUT2D eigenvalue weighted by Crippen LogP contribution is -2.40. The molecule has 0 radical (unpaired) electrons. The summed E-state index contributed by atoms with van der Waals surface area (Å²) in [5, 5.41) is 5.32. The van der Waals surface area contributed by atoms with Crippen LogP contribution in [0, 0.1) is 13.8 Å². The maximum Gasteiger partial charge on any atom is 0.261 e. The van der Waals surface area contributed by atoms with Gasteiger partial charge in [-0.2, -0.15) is 0 Å². The van der Waals surface area contributed by atoms with E-state index in [1.54, 1.807) is 0 Å². The lowest BCUT2D eigenvalue weighted by Gasteiger charge is -2.23. The molecule has 1 amide bonds. The number of carbonyl (C=O) groups excluding carboxylic acids is 1. The van der Waals surface area contributed by atoms with Crippen LogP contribution in [0.3, 0.4) is 0 Å². The molecular formula is C25H29NO2. The quantitative estimate of drug-likeness (QED) is 0.560. The van der Waals surface area contributed by atoms with Gasteiger partial charge in [0.2, 0.25) is 0 Å². The van der Waals surface area contributed by atoms with Gasteiger partial charge in [-0.05, 0) is 54.8 Å². The maximum absolute atomic E-state index is 13.0. The molecule has 0 aromatic heterocycles. The number of fused-ring (bicyclic) bond motifs is 1. The first-order valence-electron chi connectivity index (χ1n) is 10.1. The topological polar surface area (TPSA) is 38.3 Å². The highest BCUT2D eigenvalue weighted by atomic mass is 16.5. The van der Waals surface area contributed by atoms with Crippen molar-refractivity contribution >= 4 is 16.7 Å². The van der Waals surface area contributed by atoms with Crippen molar-refractivity contribution in [2.45, 2.75) is 52.7 Å². The molecule has 0 saturated carbocycles. The Kier molecular flexibility index (Phi) is 6.35. The number of benzene rings is 3. The molecule has 146 valence electrons. The Hall–Kier alpha value is -2.81. The first-order chi connectivity index (χ1) is 13.5. The summed E-state index contributed by atoms with van der Waals surface area (Å²) in [6.07, 6.45) is 0.920. The Labute approximate surface area is 167 Å². The van der Waals surface area contributed by atoms with Crippen LogP contribution in [0.15, 0.2) is 60.7 Å². The van der Waals surface area contributed by atoms with Crippen molar-refractivity contribution in [2.75, 3.05) is 0 Å². The highest BCUT2D eigenvalue weighted by molar-refractivity contribution is 5.89. The van der Waals surface area contributed by atoms with Crippen LogP contribution >= 0.6 is 0 Å². The van der Waals surface area contributed by atoms with E-state index in [1.807, 2.05) is 37.3 Å². The molecule has 1 N–H and O–H groups in total. The second kappa shape index (κ2) is 8.92. The van der Waals surface area contributed by atoms with Gasteiger partial charge in [-0.1, -0.05) is 68.4 Å². The average Bonchev–Trinajstić information content (AvgIpc) is 2.72. The highest BCUT2D eigenvalue weighted by Crippen LogP contribution is 2.27. The molecule has 28 heavy (non-hydrogen) atoms. The molecule has 0 bridgehead atoms. The molecule has 3 nitrogen and oxygen atoms in total. The van der Waals surface area contributed by atoms with E-state index in [0.29, 0.717) is 6.42 Å². The van der Waals surface area contributed by atoms with E-state index < -0.39 is 6.10 Å². The molecule has 3 aromatic rings. The van der Waals surface area contributed by atoms with Gasteiger partial charge in [-0.3, -0.25) is 4.79 Å². The lowest BCUT2D eigenvalue weighted by molar-refractivity contribution is -0.128. The van der Waals surface area contributed by atoms with E-state index in [2.05, 4.69) is 56.4 Å². The van der Waals surface area contributed by atoms with Crippen LogP contribution in [0.5, 0.6) is 5.75 Å². The third-order valence-corrected chi connectivity index (χ3v) is 5.34. The molecule has 0 heterocycles. The second-order valence-corrected chi connectivity index (χ2v) is 7.31. The number of rotatable bonds is 7. The van der Waals surface area contributed by atoms with Crippen molar-refractivity contribution < 1.29 is 9.53 Å². The molecule has 0 saturated heterocycles. The van der Waals surface area contributed by atoms with Gasteiger partial charge in [-0.25, -0.2) is 0 Å². The maximum atomic E-state index is 13.0. The normalized spacial score (nSPS) is 13.1. The monoisotopic (exact) mass is 375 g/mol. The van der Waals surface area contributed by atoms with E-state index in [0.717, 1.165) is 28.5 Å². The Balaban J connectivity index is 1.77. The van der Waals surface area contributed by atoms with Crippen molar-refractivity contribution in [1.82, 2.24) is 5.32 Å². The highest BCUT2D eigenvalue weighted by Gasteiger charge is 2.22. The summed E-state index contributed by atoms with van der Waals surface area (Å²) in [4.78, 5) is 13.0. The summed E-state index contributed by atoms with van der Waals surface area (Å²) in [5.74, 6) is 0.680. The number of hydrogen-bond acceptors (Lipinski definition) is 2. The SMILES string of the molecule is CCC(Oc1cccc2ccccc12)C(=O)NC(CC)c1ccc(C)c(C)c1. The fourth-order valence-corrected chi connectivity index (χ4v) is 3.44. The predicted octanol–water partition coefficient (Wildman–Crippen LogP) is 5.88. The zero-order valence-corrected chi connectivity index (χ0v) is 17.2. The summed E-state index contributed by atoms with van der Waals surface area (Å²) in [6.45, 7) is 8.27. The number of amides is 1. The van der Waals surface area contributed by atoms with Gasteiger partial charge < -0.3 is 10.1 Å². The summed E-state index contributed by atoms with van der Waals surface area (Å²) in [7, 11) is 0. The second-order valence-electron chi connectivity index (χ2n) is 7.31. The van der Waals surface area contributed by atoms with Gasteiger partial charge in [0.25, 0.3) is 5.91 Å². The van der Waals surface area contributed by atoms with Crippen molar-refractivity contribution in [3.05, 3.63) is 77.4 Å².